The van der Waals surface area contributed by atoms with Crippen LogP contribution in [0.2, 0.25) is 0 Å². The lowest BCUT2D eigenvalue weighted by Gasteiger charge is -2.21. The Morgan fingerprint density at radius 2 is 1.86 bits per heavy atom. The van der Waals surface area contributed by atoms with Crippen LogP contribution in [0, 0.1) is 0 Å². The van der Waals surface area contributed by atoms with E-state index in [1.165, 1.54) is 0 Å². The molecule has 0 saturated heterocycles. The minimum absolute atomic E-state index is 0.105. The largest absolute Gasteiger partial charge is 0.392 e. The zero-order valence-electron chi connectivity index (χ0n) is 9.37. The first-order valence-electron chi connectivity index (χ1n) is 4.88. The molecule has 0 aromatic carbocycles. The number of aliphatic hydroxyl groups excluding tert-OH is 1. The number of hydrogen-bond acceptors (Lipinski definition) is 3. The van der Waals surface area contributed by atoms with E-state index in [1.54, 1.807) is 20.8 Å². The summed E-state index contributed by atoms with van der Waals surface area (Å²) in [6.07, 6.45) is 0.877. The van der Waals surface area contributed by atoms with Crippen LogP contribution < -0.4 is 4.72 Å². The predicted octanol–water partition coefficient (Wildman–Crippen LogP) is 0.865. The molecule has 86 valence electrons. The summed E-state index contributed by atoms with van der Waals surface area (Å²) in [5.74, 6) is 0. The molecule has 0 fully saturated rings. The predicted molar refractivity (Wildman–Crippen MR) is 57.6 cm³/mol. The van der Waals surface area contributed by atoms with Crippen LogP contribution in [0.5, 0.6) is 0 Å². The highest BCUT2D eigenvalue weighted by atomic mass is 32.2. The number of aliphatic hydroxyl groups is 1. The van der Waals surface area contributed by atoms with Crippen LogP contribution >= 0.6 is 0 Å². The monoisotopic (exact) mass is 223 g/mol. The highest BCUT2D eigenvalue weighted by Crippen LogP contribution is 2.12. The second-order valence-corrected chi connectivity index (χ2v) is 6.93. The fraction of sp³-hybridized carbons (Fsp3) is 1.00. The molecule has 0 aromatic heterocycles. The standard InChI is InChI=1S/C9H21NO3S/c1-5-6-8(11)7-10-14(12,13)9(2,3)4/h8,10-11H,5-7H2,1-4H3. The lowest BCUT2D eigenvalue weighted by Crippen LogP contribution is -2.42. The molecular weight excluding hydrogens is 202 g/mol. The van der Waals surface area contributed by atoms with Crippen LogP contribution in [-0.4, -0.2) is 30.9 Å². The molecule has 0 radical (unpaired) electrons. The molecule has 0 aromatic rings. The lowest BCUT2D eigenvalue weighted by molar-refractivity contribution is 0.167. The minimum atomic E-state index is -3.32. The summed E-state index contributed by atoms with van der Waals surface area (Å²) in [5, 5.41) is 9.35. The second-order valence-electron chi connectivity index (χ2n) is 4.41. The molecular formula is C9H21NO3S. The highest BCUT2D eigenvalue weighted by Gasteiger charge is 2.28. The molecule has 0 aliphatic heterocycles. The van der Waals surface area contributed by atoms with Gasteiger partial charge in [-0.05, 0) is 27.2 Å². The molecule has 1 atom stereocenters. The number of hydrogen-bond donors (Lipinski definition) is 2. The van der Waals surface area contributed by atoms with Crippen molar-refractivity contribution < 1.29 is 13.5 Å². The molecule has 0 heterocycles. The van der Waals surface area contributed by atoms with Crippen LogP contribution in [0.25, 0.3) is 0 Å². The normalized spacial score (nSPS) is 15.5. The van der Waals surface area contributed by atoms with E-state index in [-0.39, 0.29) is 6.54 Å². The quantitative estimate of drug-likeness (QED) is 0.726. The molecule has 5 heteroatoms. The topological polar surface area (TPSA) is 66.4 Å². The Balaban J connectivity index is 4.14. The van der Waals surface area contributed by atoms with E-state index in [4.69, 9.17) is 0 Å². The van der Waals surface area contributed by atoms with E-state index in [1.807, 2.05) is 6.92 Å². The fourth-order valence-electron chi connectivity index (χ4n) is 0.858. The van der Waals surface area contributed by atoms with Crippen LogP contribution in [0.15, 0.2) is 0 Å². The molecule has 0 rings (SSSR count). The number of nitrogens with one attached hydrogen (secondary N) is 1. The van der Waals surface area contributed by atoms with Gasteiger partial charge in [0.25, 0.3) is 0 Å². The van der Waals surface area contributed by atoms with Gasteiger partial charge in [0.2, 0.25) is 10.0 Å². The molecule has 0 amide bonds. The van der Waals surface area contributed by atoms with E-state index < -0.39 is 20.9 Å². The molecule has 0 bridgehead atoms. The van der Waals surface area contributed by atoms with Crippen molar-refractivity contribution in [3.8, 4) is 0 Å². The van der Waals surface area contributed by atoms with Gasteiger partial charge in [-0.1, -0.05) is 13.3 Å². The van der Waals surface area contributed by atoms with Gasteiger partial charge in [-0.15, -0.1) is 0 Å². The third-order valence-electron chi connectivity index (χ3n) is 1.94. The number of sulfonamides is 1. The molecule has 2 N–H and O–H groups in total. The van der Waals surface area contributed by atoms with Crippen molar-refractivity contribution in [2.45, 2.75) is 51.4 Å². The summed E-state index contributed by atoms with van der Waals surface area (Å²) in [7, 11) is -3.32. The van der Waals surface area contributed by atoms with Crippen molar-refractivity contribution in [1.82, 2.24) is 4.72 Å². The number of rotatable bonds is 5. The minimum Gasteiger partial charge on any atom is -0.392 e. The molecule has 4 nitrogen and oxygen atoms in total. The Bertz CT molecular complexity index is 254. The van der Waals surface area contributed by atoms with Gasteiger partial charge in [0, 0.05) is 6.54 Å². The summed E-state index contributed by atoms with van der Waals surface area (Å²) in [5.41, 5.74) is 0. The maximum atomic E-state index is 11.5. The van der Waals surface area contributed by atoms with Crippen LogP contribution in [0.1, 0.15) is 40.5 Å². The highest BCUT2D eigenvalue weighted by molar-refractivity contribution is 7.90. The molecule has 0 spiro atoms. The third-order valence-corrected chi connectivity index (χ3v) is 4.10. The fourth-order valence-corrected chi connectivity index (χ4v) is 1.70. The van der Waals surface area contributed by atoms with E-state index >= 15 is 0 Å². The van der Waals surface area contributed by atoms with E-state index in [0.717, 1.165) is 6.42 Å². The van der Waals surface area contributed by atoms with Crippen molar-refractivity contribution >= 4 is 10.0 Å². The Morgan fingerprint density at radius 3 is 2.21 bits per heavy atom. The Hall–Kier alpha value is -0.130. The Labute approximate surface area is 86.8 Å². The molecule has 0 saturated carbocycles. The van der Waals surface area contributed by atoms with Gasteiger partial charge in [-0.2, -0.15) is 0 Å². The van der Waals surface area contributed by atoms with Crippen LogP contribution in [0.3, 0.4) is 0 Å². The van der Waals surface area contributed by atoms with Crippen molar-refractivity contribution in [2.24, 2.45) is 0 Å². The van der Waals surface area contributed by atoms with Gasteiger partial charge >= 0.3 is 0 Å². The van der Waals surface area contributed by atoms with Crippen molar-refractivity contribution in [1.29, 1.82) is 0 Å². The van der Waals surface area contributed by atoms with Gasteiger partial charge in [-0.25, -0.2) is 13.1 Å². The van der Waals surface area contributed by atoms with Gasteiger partial charge in [0.05, 0.1) is 10.9 Å². The molecule has 0 aliphatic carbocycles. The zero-order chi connectivity index (χ0) is 11.4. The molecule has 1 unspecified atom stereocenters. The van der Waals surface area contributed by atoms with Gasteiger partial charge in [-0.3, -0.25) is 0 Å². The van der Waals surface area contributed by atoms with E-state index in [9.17, 15) is 13.5 Å². The Morgan fingerprint density at radius 1 is 1.36 bits per heavy atom. The molecule has 0 aliphatic rings. The first-order chi connectivity index (χ1) is 6.20. The van der Waals surface area contributed by atoms with Crippen molar-refractivity contribution in [3.63, 3.8) is 0 Å². The lowest BCUT2D eigenvalue weighted by atomic mass is 10.2. The second kappa shape index (κ2) is 5.09. The van der Waals surface area contributed by atoms with E-state index in [0.29, 0.717) is 6.42 Å². The maximum Gasteiger partial charge on any atom is 0.216 e. The van der Waals surface area contributed by atoms with Crippen molar-refractivity contribution in [2.75, 3.05) is 6.54 Å². The summed E-state index contributed by atoms with van der Waals surface area (Å²) in [6.45, 7) is 6.93. The average molecular weight is 223 g/mol. The first kappa shape index (κ1) is 13.9. The smallest absolute Gasteiger partial charge is 0.216 e. The maximum absolute atomic E-state index is 11.5. The zero-order valence-corrected chi connectivity index (χ0v) is 10.2. The summed E-state index contributed by atoms with van der Waals surface area (Å²) >= 11 is 0. The first-order valence-corrected chi connectivity index (χ1v) is 6.36. The SMILES string of the molecule is CCCC(O)CNS(=O)(=O)C(C)(C)C. The van der Waals surface area contributed by atoms with E-state index in [2.05, 4.69) is 4.72 Å². The van der Waals surface area contributed by atoms with Crippen LogP contribution in [0.4, 0.5) is 0 Å². The summed E-state index contributed by atoms with van der Waals surface area (Å²) in [4.78, 5) is 0. The summed E-state index contributed by atoms with van der Waals surface area (Å²) in [6, 6.07) is 0. The van der Waals surface area contributed by atoms with Gasteiger partial charge < -0.3 is 5.11 Å². The van der Waals surface area contributed by atoms with Crippen molar-refractivity contribution in [3.05, 3.63) is 0 Å². The summed E-state index contributed by atoms with van der Waals surface area (Å²) < 4.78 is 24.7. The Kier molecular flexibility index (Phi) is 5.05. The average Bonchev–Trinajstić information content (AvgIpc) is 1.99. The molecule has 14 heavy (non-hydrogen) atoms. The van der Waals surface area contributed by atoms with Crippen LogP contribution in [-0.2, 0) is 10.0 Å². The van der Waals surface area contributed by atoms with Gasteiger partial charge in [0.1, 0.15) is 0 Å². The van der Waals surface area contributed by atoms with Gasteiger partial charge in [0.15, 0.2) is 0 Å². The third kappa shape index (κ3) is 4.39.